The highest BCUT2D eigenvalue weighted by atomic mass is 16.5. The third-order valence-corrected chi connectivity index (χ3v) is 3.24. The van der Waals surface area contributed by atoms with E-state index in [0.29, 0.717) is 12.0 Å². The van der Waals surface area contributed by atoms with Gasteiger partial charge in [0.05, 0.1) is 18.7 Å². The van der Waals surface area contributed by atoms with E-state index in [2.05, 4.69) is 6.07 Å². The first kappa shape index (κ1) is 13.8. The Morgan fingerprint density at radius 3 is 2.45 bits per heavy atom. The van der Waals surface area contributed by atoms with E-state index in [1.54, 1.807) is 12.1 Å². The average Bonchev–Trinajstić information content (AvgIpc) is 2.53. The van der Waals surface area contributed by atoms with Gasteiger partial charge in [0.15, 0.2) is 0 Å². The van der Waals surface area contributed by atoms with Gasteiger partial charge in [0.25, 0.3) is 0 Å². The molecule has 0 heterocycles. The molecule has 3 nitrogen and oxygen atoms in total. The van der Waals surface area contributed by atoms with Crippen LogP contribution < -0.4 is 0 Å². The van der Waals surface area contributed by atoms with E-state index in [-0.39, 0.29) is 11.9 Å². The van der Waals surface area contributed by atoms with Crippen LogP contribution in [0.15, 0.2) is 54.6 Å². The van der Waals surface area contributed by atoms with E-state index in [1.165, 1.54) is 7.11 Å². The Morgan fingerprint density at radius 2 is 1.80 bits per heavy atom. The SMILES string of the molecule is COC(=O)c1ccccc1C(CC#N)c1ccccc1. The minimum Gasteiger partial charge on any atom is -0.465 e. The fraction of sp³-hybridized carbons (Fsp3) is 0.176. The number of hydrogen-bond acceptors (Lipinski definition) is 3. The number of nitrogens with zero attached hydrogens (tertiary/aromatic N) is 1. The molecule has 0 amide bonds. The number of esters is 1. The molecule has 0 spiro atoms. The van der Waals surface area contributed by atoms with Crippen molar-refractivity contribution in [3.05, 3.63) is 71.3 Å². The number of rotatable bonds is 4. The van der Waals surface area contributed by atoms with Gasteiger partial charge < -0.3 is 4.74 Å². The Morgan fingerprint density at radius 1 is 1.15 bits per heavy atom. The number of carbonyl (C=O) groups excluding carboxylic acids is 1. The lowest BCUT2D eigenvalue weighted by Crippen LogP contribution is -2.10. The number of methoxy groups -OCH3 is 1. The van der Waals surface area contributed by atoms with E-state index in [1.807, 2.05) is 42.5 Å². The van der Waals surface area contributed by atoms with E-state index >= 15 is 0 Å². The minimum atomic E-state index is -0.375. The third-order valence-electron chi connectivity index (χ3n) is 3.24. The van der Waals surface area contributed by atoms with E-state index in [9.17, 15) is 4.79 Å². The van der Waals surface area contributed by atoms with E-state index < -0.39 is 0 Å². The van der Waals surface area contributed by atoms with Crippen LogP contribution in [0.3, 0.4) is 0 Å². The molecule has 0 saturated carbocycles. The molecule has 2 rings (SSSR count). The zero-order valence-electron chi connectivity index (χ0n) is 11.2. The molecule has 0 bridgehead atoms. The monoisotopic (exact) mass is 265 g/mol. The summed E-state index contributed by atoms with van der Waals surface area (Å²) >= 11 is 0. The zero-order valence-corrected chi connectivity index (χ0v) is 11.2. The molecule has 0 aromatic heterocycles. The molecule has 2 aromatic carbocycles. The summed E-state index contributed by atoms with van der Waals surface area (Å²) < 4.78 is 4.82. The van der Waals surface area contributed by atoms with Gasteiger partial charge in [0, 0.05) is 12.3 Å². The van der Waals surface area contributed by atoms with E-state index in [0.717, 1.165) is 11.1 Å². The van der Waals surface area contributed by atoms with Crippen LogP contribution in [0.5, 0.6) is 0 Å². The van der Waals surface area contributed by atoms with Crippen molar-refractivity contribution in [1.29, 1.82) is 5.26 Å². The molecule has 0 aliphatic rings. The van der Waals surface area contributed by atoms with E-state index in [4.69, 9.17) is 10.00 Å². The second kappa shape index (κ2) is 6.53. The third kappa shape index (κ3) is 2.86. The van der Waals surface area contributed by atoms with Crippen LogP contribution in [0.4, 0.5) is 0 Å². The molecule has 1 unspecified atom stereocenters. The first-order valence-corrected chi connectivity index (χ1v) is 6.37. The summed E-state index contributed by atoms with van der Waals surface area (Å²) in [4.78, 5) is 11.9. The second-order valence-electron chi connectivity index (χ2n) is 4.40. The number of nitriles is 1. The average molecular weight is 265 g/mol. The van der Waals surface area contributed by atoms with Gasteiger partial charge in [-0.3, -0.25) is 0 Å². The fourth-order valence-electron chi connectivity index (χ4n) is 2.28. The Hall–Kier alpha value is -2.60. The Bertz CT molecular complexity index is 629. The van der Waals surface area contributed by atoms with Crippen LogP contribution in [0, 0.1) is 11.3 Å². The zero-order chi connectivity index (χ0) is 14.4. The predicted molar refractivity (Wildman–Crippen MR) is 76.3 cm³/mol. The fourth-order valence-corrected chi connectivity index (χ4v) is 2.28. The van der Waals surface area contributed by atoms with Crippen LogP contribution >= 0.6 is 0 Å². The summed E-state index contributed by atoms with van der Waals surface area (Å²) in [5.74, 6) is -0.504. The first-order valence-electron chi connectivity index (χ1n) is 6.37. The maximum Gasteiger partial charge on any atom is 0.338 e. The maximum absolute atomic E-state index is 11.9. The van der Waals surface area contributed by atoms with Gasteiger partial charge >= 0.3 is 5.97 Å². The standard InChI is InChI=1S/C17H15NO2/c1-20-17(19)16-10-6-5-9-15(16)14(11-12-18)13-7-3-2-4-8-13/h2-10,14H,11H2,1H3. The summed E-state index contributed by atoms with van der Waals surface area (Å²) in [6.07, 6.45) is 0.317. The van der Waals surface area contributed by atoms with Crippen molar-refractivity contribution in [1.82, 2.24) is 0 Å². The van der Waals surface area contributed by atoms with Gasteiger partial charge in [-0.1, -0.05) is 48.5 Å². The lowest BCUT2D eigenvalue weighted by atomic mass is 9.86. The van der Waals surface area contributed by atoms with Crippen LogP contribution in [0.25, 0.3) is 0 Å². The molecule has 1 atom stereocenters. The van der Waals surface area contributed by atoms with Gasteiger partial charge in [-0.2, -0.15) is 5.26 Å². The van der Waals surface area contributed by atoms with Crippen LogP contribution in [-0.4, -0.2) is 13.1 Å². The number of benzene rings is 2. The summed E-state index contributed by atoms with van der Waals surface area (Å²) in [7, 11) is 1.36. The van der Waals surface area contributed by atoms with Crippen molar-refractivity contribution >= 4 is 5.97 Å². The lowest BCUT2D eigenvalue weighted by Gasteiger charge is -2.17. The summed E-state index contributed by atoms with van der Waals surface area (Å²) in [5.41, 5.74) is 2.36. The van der Waals surface area contributed by atoms with Gasteiger partial charge in [0.2, 0.25) is 0 Å². The Labute approximate surface area is 118 Å². The molecule has 0 fully saturated rings. The largest absolute Gasteiger partial charge is 0.465 e. The molecular weight excluding hydrogens is 250 g/mol. The van der Waals surface area contributed by atoms with Crippen molar-refractivity contribution < 1.29 is 9.53 Å². The molecule has 0 saturated heterocycles. The molecule has 0 aliphatic heterocycles. The molecule has 0 radical (unpaired) electrons. The Balaban J connectivity index is 2.51. The van der Waals surface area contributed by atoms with Crippen LogP contribution in [0.1, 0.15) is 33.8 Å². The molecular formula is C17H15NO2. The van der Waals surface area contributed by atoms with Crippen LogP contribution in [-0.2, 0) is 4.74 Å². The summed E-state index contributed by atoms with van der Waals surface area (Å²) in [6.45, 7) is 0. The molecule has 2 aromatic rings. The minimum absolute atomic E-state index is 0.128. The molecule has 3 heteroatoms. The summed E-state index contributed by atoms with van der Waals surface area (Å²) in [5, 5.41) is 9.08. The molecule has 0 N–H and O–H groups in total. The van der Waals surface area contributed by atoms with Crippen molar-refractivity contribution in [2.75, 3.05) is 7.11 Å². The number of hydrogen-bond donors (Lipinski definition) is 0. The lowest BCUT2D eigenvalue weighted by molar-refractivity contribution is 0.0599. The normalized spacial score (nSPS) is 11.4. The van der Waals surface area contributed by atoms with Crippen molar-refractivity contribution in [2.24, 2.45) is 0 Å². The highest BCUT2D eigenvalue weighted by Crippen LogP contribution is 2.30. The van der Waals surface area contributed by atoms with Gasteiger partial charge in [0.1, 0.15) is 0 Å². The first-order chi connectivity index (χ1) is 9.77. The van der Waals surface area contributed by atoms with Crippen molar-refractivity contribution in [3.63, 3.8) is 0 Å². The molecule has 20 heavy (non-hydrogen) atoms. The topological polar surface area (TPSA) is 50.1 Å². The smallest absolute Gasteiger partial charge is 0.338 e. The predicted octanol–water partition coefficient (Wildman–Crippen LogP) is 3.52. The Kier molecular flexibility index (Phi) is 4.52. The summed E-state index contributed by atoms with van der Waals surface area (Å²) in [6, 6.07) is 19.2. The second-order valence-corrected chi connectivity index (χ2v) is 4.40. The number of carbonyl (C=O) groups is 1. The highest BCUT2D eigenvalue weighted by molar-refractivity contribution is 5.91. The quantitative estimate of drug-likeness (QED) is 0.795. The van der Waals surface area contributed by atoms with Crippen molar-refractivity contribution in [2.45, 2.75) is 12.3 Å². The molecule has 0 aliphatic carbocycles. The van der Waals surface area contributed by atoms with Gasteiger partial charge in [-0.15, -0.1) is 0 Å². The number of ether oxygens (including phenoxy) is 1. The highest BCUT2D eigenvalue weighted by Gasteiger charge is 2.20. The van der Waals surface area contributed by atoms with Crippen molar-refractivity contribution in [3.8, 4) is 6.07 Å². The van der Waals surface area contributed by atoms with Gasteiger partial charge in [-0.05, 0) is 17.2 Å². The van der Waals surface area contributed by atoms with Crippen LogP contribution in [0.2, 0.25) is 0 Å². The van der Waals surface area contributed by atoms with Gasteiger partial charge in [-0.25, -0.2) is 4.79 Å². The maximum atomic E-state index is 11.9. The molecule has 100 valence electrons.